The van der Waals surface area contributed by atoms with Crippen LogP contribution in [0.3, 0.4) is 0 Å². The van der Waals surface area contributed by atoms with Crippen LogP contribution < -0.4 is 5.32 Å². The lowest BCUT2D eigenvalue weighted by Crippen LogP contribution is -2.42. The van der Waals surface area contributed by atoms with Crippen LogP contribution in [-0.2, 0) is 14.3 Å². The Balaban J connectivity index is 1.72. The van der Waals surface area contributed by atoms with Crippen LogP contribution in [0.2, 0.25) is 0 Å². The predicted octanol–water partition coefficient (Wildman–Crippen LogP) is 0.0766. The van der Waals surface area contributed by atoms with Crippen LogP contribution in [0.5, 0.6) is 0 Å². The molecule has 108 valence electrons. The van der Waals surface area contributed by atoms with E-state index in [9.17, 15) is 9.59 Å². The van der Waals surface area contributed by atoms with E-state index in [0.29, 0.717) is 6.42 Å². The summed E-state index contributed by atoms with van der Waals surface area (Å²) in [4.78, 5) is 24.6. The number of rotatable bonds is 4. The molecule has 2 atom stereocenters. The number of carbonyl (C=O) groups excluding carboxylic acids is 1. The van der Waals surface area contributed by atoms with Crippen molar-refractivity contribution in [3.8, 4) is 0 Å². The van der Waals surface area contributed by atoms with Gasteiger partial charge in [-0.2, -0.15) is 0 Å². The van der Waals surface area contributed by atoms with Gasteiger partial charge in [-0.05, 0) is 38.8 Å². The van der Waals surface area contributed by atoms with Gasteiger partial charge in [0, 0.05) is 19.5 Å². The average molecular weight is 270 g/mol. The van der Waals surface area contributed by atoms with Gasteiger partial charge >= 0.3 is 5.97 Å². The van der Waals surface area contributed by atoms with Crippen molar-refractivity contribution in [2.24, 2.45) is 5.92 Å². The van der Waals surface area contributed by atoms with Crippen molar-refractivity contribution >= 4 is 11.9 Å². The molecule has 2 heterocycles. The Labute approximate surface area is 113 Å². The second-order valence-electron chi connectivity index (χ2n) is 5.35. The van der Waals surface area contributed by atoms with Crippen LogP contribution in [0.1, 0.15) is 25.7 Å². The van der Waals surface area contributed by atoms with Gasteiger partial charge in [-0.15, -0.1) is 0 Å². The second-order valence-corrected chi connectivity index (χ2v) is 5.35. The Kier molecular flexibility index (Phi) is 4.76. The quantitative estimate of drug-likeness (QED) is 0.756. The van der Waals surface area contributed by atoms with Crippen LogP contribution in [0.4, 0.5) is 0 Å². The maximum Gasteiger partial charge on any atom is 0.332 e. The summed E-state index contributed by atoms with van der Waals surface area (Å²) in [5.41, 5.74) is 0. The van der Waals surface area contributed by atoms with E-state index in [1.54, 1.807) is 7.05 Å². The third-order valence-corrected chi connectivity index (χ3v) is 4.05. The fraction of sp³-hybridized carbons (Fsp3) is 0.846. The molecule has 6 nitrogen and oxygen atoms in total. The molecule has 2 rings (SSSR count). The number of ether oxygens (including phenoxy) is 1. The standard InChI is InChI=1S/C13H22N2O4/c1-14-12(16)9-4-6-15(7-5-9)8-10-2-3-11(19-10)13(17)18/h9-11H,2-8H2,1H3,(H,14,16)(H,17,18). The van der Waals surface area contributed by atoms with Gasteiger partial charge in [0.1, 0.15) is 0 Å². The lowest BCUT2D eigenvalue weighted by atomic mass is 9.95. The number of nitrogens with one attached hydrogen (secondary N) is 1. The van der Waals surface area contributed by atoms with E-state index in [1.165, 1.54) is 0 Å². The minimum atomic E-state index is -0.860. The lowest BCUT2D eigenvalue weighted by molar-refractivity contribution is -0.149. The molecule has 2 saturated heterocycles. The van der Waals surface area contributed by atoms with Crippen molar-refractivity contribution in [1.29, 1.82) is 0 Å². The summed E-state index contributed by atoms with van der Waals surface area (Å²) >= 11 is 0. The number of carboxylic acids is 1. The molecule has 0 saturated carbocycles. The number of carboxylic acid groups (broad SMARTS) is 1. The Morgan fingerprint density at radius 3 is 2.47 bits per heavy atom. The Morgan fingerprint density at radius 2 is 1.95 bits per heavy atom. The molecule has 19 heavy (non-hydrogen) atoms. The van der Waals surface area contributed by atoms with Gasteiger partial charge in [0.15, 0.2) is 6.10 Å². The van der Waals surface area contributed by atoms with Crippen molar-refractivity contribution in [3.05, 3.63) is 0 Å². The number of hydrogen-bond acceptors (Lipinski definition) is 4. The molecular weight excluding hydrogens is 248 g/mol. The van der Waals surface area contributed by atoms with E-state index < -0.39 is 12.1 Å². The first kappa shape index (κ1) is 14.3. The van der Waals surface area contributed by atoms with Crippen LogP contribution in [-0.4, -0.2) is 60.8 Å². The molecular formula is C13H22N2O4. The summed E-state index contributed by atoms with van der Waals surface area (Å²) in [6.07, 6.45) is 2.55. The summed E-state index contributed by atoms with van der Waals surface area (Å²) in [5, 5.41) is 11.6. The molecule has 0 spiro atoms. The van der Waals surface area contributed by atoms with Crippen molar-refractivity contribution < 1.29 is 19.4 Å². The molecule has 0 aromatic carbocycles. The molecule has 2 fully saturated rings. The van der Waals surface area contributed by atoms with Crippen LogP contribution in [0.25, 0.3) is 0 Å². The van der Waals surface area contributed by atoms with Crippen LogP contribution in [0, 0.1) is 5.92 Å². The Bertz CT molecular complexity index is 340. The van der Waals surface area contributed by atoms with Gasteiger partial charge in [-0.3, -0.25) is 4.79 Å². The smallest absolute Gasteiger partial charge is 0.332 e. The maximum absolute atomic E-state index is 11.5. The Morgan fingerprint density at radius 1 is 1.26 bits per heavy atom. The summed E-state index contributed by atoms with van der Waals surface area (Å²) in [7, 11) is 1.67. The van der Waals surface area contributed by atoms with Gasteiger partial charge in [-0.25, -0.2) is 4.79 Å². The first-order chi connectivity index (χ1) is 9.10. The average Bonchev–Trinajstić information content (AvgIpc) is 2.87. The fourth-order valence-corrected chi connectivity index (χ4v) is 2.89. The highest BCUT2D eigenvalue weighted by Gasteiger charge is 2.32. The molecule has 1 amide bonds. The van der Waals surface area contributed by atoms with Crippen molar-refractivity contribution in [3.63, 3.8) is 0 Å². The lowest BCUT2D eigenvalue weighted by Gasteiger charge is -2.32. The van der Waals surface area contributed by atoms with E-state index in [2.05, 4.69) is 10.2 Å². The molecule has 0 aromatic rings. The Hall–Kier alpha value is -1.14. The molecule has 0 radical (unpaired) electrons. The predicted molar refractivity (Wildman–Crippen MR) is 68.8 cm³/mol. The van der Waals surface area contributed by atoms with Crippen molar-refractivity contribution in [2.45, 2.75) is 37.9 Å². The minimum Gasteiger partial charge on any atom is -0.479 e. The highest BCUT2D eigenvalue weighted by atomic mass is 16.5. The van der Waals surface area contributed by atoms with Gasteiger partial charge in [-0.1, -0.05) is 0 Å². The SMILES string of the molecule is CNC(=O)C1CCN(CC2CCC(C(=O)O)O2)CC1. The number of aliphatic carboxylic acids is 1. The molecule has 0 aliphatic carbocycles. The number of amides is 1. The number of carbonyl (C=O) groups is 2. The van der Waals surface area contributed by atoms with E-state index in [-0.39, 0.29) is 17.9 Å². The third kappa shape index (κ3) is 3.67. The summed E-state index contributed by atoms with van der Waals surface area (Å²) in [6.45, 7) is 2.55. The van der Waals surface area contributed by atoms with Gasteiger partial charge < -0.3 is 20.1 Å². The molecule has 2 aliphatic rings. The number of likely N-dealkylation sites (tertiary alicyclic amines) is 1. The minimum absolute atomic E-state index is 0.0256. The topological polar surface area (TPSA) is 78.9 Å². The maximum atomic E-state index is 11.5. The molecule has 6 heteroatoms. The summed E-state index contributed by atoms with van der Waals surface area (Å²) < 4.78 is 5.50. The van der Waals surface area contributed by atoms with Crippen molar-refractivity contribution in [2.75, 3.05) is 26.7 Å². The number of piperidine rings is 1. The van der Waals surface area contributed by atoms with E-state index >= 15 is 0 Å². The van der Waals surface area contributed by atoms with Crippen molar-refractivity contribution in [1.82, 2.24) is 10.2 Å². The first-order valence-electron chi connectivity index (χ1n) is 6.92. The fourth-order valence-electron chi connectivity index (χ4n) is 2.89. The monoisotopic (exact) mass is 270 g/mol. The largest absolute Gasteiger partial charge is 0.479 e. The molecule has 0 bridgehead atoms. The highest BCUT2D eigenvalue weighted by molar-refractivity contribution is 5.78. The van der Waals surface area contributed by atoms with E-state index in [0.717, 1.165) is 38.9 Å². The molecule has 0 aromatic heterocycles. The molecule has 2 aliphatic heterocycles. The van der Waals surface area contributed by atoms with Gasteiger partial charge in [0.05, 0.1) is 6.10 Å². The number of nitrogens with zero attached hydrogens (tertiary/aromatic N) is 1. The van der Waals surface area contributed by atoms with E-state index in [4.69, 9.17) is 9.84 Å². The zero-order valence-corrected chi connectivity index (χ0v) is 11.3. The van der Waals surface area contributed by atoms with Gasteiger partial charge in [0.2, 0.25) is 5.91 Å². The van der Waals surface area contributed by atoms with E-state index in [1.807, 2.05) is 0 Å². The van der Waals surface area contributed by atoms with Crippen LogP contribution in [0.15, 0.2) is 0 Å². The zero-order chi connectivity index (χ0) is 13.8. The third-order valence-electron chi connectivity index (χ3n) is 4.05. The second kappa shape index (κ2) is 6.34. The van der Waals surface area contributed by atoms with Gasteiger partial charge in [0.25, 0.3) is 0 Å². The zero-order valence-electron chi connectivity index (χ0n) is 11.3. The molecule has 2 N–H and O–H groups in total. The number of hydrogen-bond donors (Lipinski definition) is 2. The summed E-state index contributed by atoms with van der Waals surface area (Å²) in [6, 6.07) is 0. The summed E-state index contributed by atoms with van der Waals surface area (Å²) in [5.74, 6) is -0.610. The van der Waals surface area contributed by atoms with Crippen LogP contribution >= 0.6 is 0 Å². The normalized spacial score (nSPS) is 29.3. The molecule has 2 unspecified atom stereocenters. The highest BCUT2D eigenvalue weighted by Crippen LogP contribution is 2.23. The first-order valence-corrected chi connectivity index (χ1v) is 6.92.